The SMILES string of the molecule is COCCN(C)CCn1c(-c2cc3c(cc2C(=O)N2Cc4ccccc4C[C@H]2C)OCO3)cc(C(=O)N(c2ccc(O)cc2)c2cnn(C)c2)c1C.Cl. The van der Waals surface area contributed by atoms with E-state index in [1.54, 1.807) is 66.5 Å². The first-order chi connectivity index (χ1) is 25.1. The van der Waals surface area contributed by atoms with Crippen molar-refractivity contribution in [2.24, 2.45) is 7.05 Å². The Balaban J connectivity index is 0.00000481. The van der Waals surface area contributed by atoms with E-state index in [0.29, 0.717) is 71.5 Å². The Labute approximate surface area is 315 Å². The molecule has 1 atom stereocenters. The third kappa shape index (κ3) is 7.48. The Morgan fingerprint density at radius 3 is 2.40 bits per heavy atom. The van der Waals surface area contributed by atoms with Gasteiger partial charge in [-0.15, -0.1) is 12.4 Å². The zero-order valence-corrected chi connectivity index (χ0v) is 31.4. The molecule has 4 heterocycles. The number of nitrogens with zero attached hydrogens (tertiary/aromatic N) is 6. The van der Waals surface area contributed by atoms with E-state index in [1.807, 2.05) is 43.1 Å². The Morgan fingerprint density at radius 2 is 1.70 bits per heavy atom. The standard InChI is InChI=1S/C40H44N6O6.ClH/c1-26-18-28-8-6-7-9-29(28)23-45(26)39(48)35-21-38-37(51-25-52-38)20-34(35)36-19-33(27(2)44(36)15-14-42(3)16-17-50-5)40(49)46(31-22-41-43(4)24-31)30-10-12-32(47)13-11-30;/h6-13,19-22,24,26,47H,14-18,23,25H2,1-5H3;1H/t26-;/m1./s1. The van der Waals surface area contributed by atoms with E-state index in [9.17, 15) is 14.7 Å². The van der Waals surface area contributed by atoms with Gasteiger partial charge in [0.15, 0.2) is 11.5 Å². The molecule has 2 amide bonds. The minimum Gasteiger partial charge on any atom is -0.508 e. The van der Waals surface area contributed by atoms with Gasteiger partial charge in [-0.3, -0.25) is 19.2 Å². The minimum absolute atomic E-state index is 0. The summed E-state index contributed by atoms with van der Waals surface area (Å²) in [6, 6.07) is 20.3. The number of fused-ring (bicyclic) bond motifs is 2. The first kappa shape index (κ1) is 37.5. The van der Waals surface area contributed by atoms with Gasteiger partial charge in [0.05, 0.1) is 35.3 Å². The maximum Gasteiger partial charge on any atom is 0.264 e. The number of methoxy groups -OCH3 is 1. The van der Waals surface area contributed by atoms with Crippen LogP contribution in [0, 0.1) is 6.92 Å². The lowest BCUT2D eigenvalue weighted by atomic mass is 9.93. The van der Waals surface area contributed by atoms with Gasteiger partial charge in [-0.2, -0.15) is 5.10 Å². The summed E-state index contributed by atoms with van der Waals surface area (Å²) in [5.41, 5.74) is 6.57. The van der Waals surface area contributed by atoms with Crippen LogP contribution in [-0.4, -0.2) is 87.8 Å². The van der Waals surface area contributed by atoms with Gasteiger partial charge >= 0.3 is 0 Å². The number of aromatic nitrogens is 3. The summed E-state index contributed by atoms with van der Waals surface area (Å²) in [7, 11) is 5.51. The highest BCUT2D eigenvalue weighted by molar-refractivity contribution is 6.12. The van der Waals surface area contributed by atoms with Crippen LogP contribution in [0.25, 0.3) is 11.3 Å². The van der Waals surface area contributed by atoms with Crippen molar-refractivity contribution >= 4 is 35.6 Å². The second kappa shape index (κ2) is 15.7. The maximum atomic E-state index is 14.8. The molecule has 0 unspecified atom stereocenters. The van der Waals surface area contributed by atoms with Crippen molar-refractivity contribution in [1.82, 2.24) is 24.1 Å². The Kier molecular flexibility index (Phi) is 11.1. The highest BCUT2D eigenvalue weighted by Crippen LogP contribution is 2.42. The molecule has 0 fully saturated rings. The first-order valence-electron chi connectivity index (χ1n) is 17.4. The topological polar surface area (TPSA) is 115 Å². The van der Waals surface area contributed by atoms with Gasteiger partial charge in [0, 0.05) is 69.5 Å². The largest absolute Gasteiger partial charge is 0.508 e. The smallest absolute Gasteiger partial charge is 0.264 e. The number of hydrogen-bond donors (Lipinski definition) is 1. The predicted octanol–water partition coefficient (Wildman–Crippen LogP) is 6.20. The van der Waals surface area contributed by atoms with Crippen molar-refractivity contribution in [2.75, 3.05) is 45.5 Å². The van der Waals surface area contributed by atoms with Crippen LogP contribution in [0.1, 0.15) is 44.5 Å². The number of phenolic OH excluding ortho intramolecular Hbond substituents is 1. The van der Waals surface area contributed by atoms with Crippen LogP contribution in [0.2, 0.25) is 0 Å². The molecule has 7 rings (SSSR count). The number of likely N-dealkylation sites (N-methyl/N-ethyl adjacent to an activating group) is 1. The summed E-state index contributed by atoms with van der Waals surface area (Å²) in [5.74, 6) is 0.750. The number of benzene rings is 3. The number of carbonyl (C=O) groups excluding carboxylic acids is 2. The first-order valence-corrected chi connectivity index (χ1v) is 17.4. The average Bonchev–Trinajstić information content (AvgIpc) is 3.87. The molecule has 0 radical (unpaired) electrons. The summed E-state index contributed by atoms with van der Waals surface area (Å²) in [4.78, 5) is 35.2. The van der Waals surface area contributed by atoms with Crippen molar-refractivity contribution in [3.63, 3.8) is 0 Å². The zero-order chi connectivity index (χ0) is 36.5. The molecule has 0 bridgehead atoms. The number of phenols is 1. The van der Waals surface area contributed by atoms with Gasteiger partial charge in [-0.25, -0.2) is 0 Å². The van der Waals surface area contributed by atoms with E-state index < -0.39 is 0 Å². The number of anilines is 2. The molecular weight excluding hydrogens is 696 g/mol. The van der Waals surface area contributed by atoms with Gasteiger partial charge in [0.2, 0.25) is 6.79 Å². The van der Waals surface area contributed by atoms with E-state index in [0.717, 1.165) is 24.2 Å². The zero-order valence-electron chi connectivity index (χ0n) is 30.6. The normalized spacial score (nSPS) is 14.6. The molecule has 13 heteroatoms. The summed E-state index contributed by atoms with van der Waals surface area (Å²) >= 11 is 0. The van der Waals surface area contributed by atoms with Crippen LogP contribution < -0.4 is 14.4 Å². The molecule has 0 saturated carbocycles. The van der Waals surface area contributed by atoms with Crippen LogP contribution in [0.15, 0.2) is 79.1 Å². The molecule has 2 aliphatic rings. The Hall–Kier alpha value is -5.30. The number of carbonyl (C=O) groups is 2. The fourth-order valence-electron chi connectivity index (χ4n) is 7.07. The van der Waals surface area contributed by atoms with Crippen molar-refractivity contribution in [3.05, 3.63) is 107 Å². The number of hydrogen-bond acceptors (Lipinski definition) is 8. The van der Waals surface area contributed by atoms with Gasteiger partial charge < -0.3 is 33.7 Å². The molecular formula is C40H45ClN6O6. The molecule has 5 aromatic rings. The van der Waals surface area contributed by atoms with E-state index in [1.165, 1.54) is 5.56 Å². The second-order valence-corrected chi connectivity index (χ2v) is 13.5. The summed E-state index contributed by atoms with van der Waals surface area (Å²) in [5, 5.41) is 14.4. The molecule has 2 aromatic heterocycles. The average molecular weight is 741 g/mol. The second-order valence-electron chi connectivity index (χ2n) is 13.5. The van der Waals surface area contributed by atoms with Crippen molar-refractivity contribution in [2.45, 2.75) is 39.4 Å². The van der Waals surface area contributed by atoms with Gasteiger partial charge in [0.25, 0.3) is 11.8 Å². The highest BCUT2D eigenvalue weighted by atomic mass is 35.5. The monoisotopic (exact) mass is 740 g/mol. The number of ether oxygens (including phenoxy) is 3. The van der Waals surface area contributed by atoms with Crippen molar-refractivity contribution in [1.29, 1.82) is 0 Å². The van der Waals surface area contributed by atoms with E-state index >= 15 is 0 Å². The van der Waals surface area contributed by atoms with Crippen LogP contribution >= 0.6 is 12.4 Å². The van der Waals surface area contributed by atoms with Gasteiger partial charge in [-0.1, -0.05) is 24.3 Å². The maximum absolute atomic E-state index is 14.8. The fraction of sp³-hybridized carbons (Fsp3) is 0.325. The molecule has 53 heavy (non-hydrogen) atoms. The number of aryl methyl sites for hydroxylation is 1. The molecule has 1 N–H and O–H groups in total. The summed E-state index contributed by atoms with van der Waals surface area (Å²) < 4.78 is 20.7. The Morgan fingerprint density at radius 1 is 0.981 bits per heavy atom. The minimum atomic E-state index is -0.279. The van der Waals surface area contributed by atoms with Crippen LogP contribution in [0.4, 0.5) is 11.4 Å². The molecule has 12 nitrogen and oxygen atoms in total. The number of amides is 2. The van der Waals surface area contributed by atoms with E-state index in [2.05, 4.69) is 33.6 Å². The summed E-state index contributed by atoms with van der Waals surface area (Å²) in [6.45, 7) is 7.08. The van der Waals surface area contributed by atoms with Crippen molar-refractivity contribution < 1.29 is 28.9 Å². The molecule has 278 valence electrons. The molecule has 2 aliphatic heterocycles. The quantitative estimate of drug-likeness (QED) is 0.171. The predicted molar refractivity (Wildman–Crippen MR) is 205 cm³/mol. The fourth-order valence-corrected chi connectivity index (χ4v) is 7.07. The number of halogens is 1. The van der Waals surface area contributed by atoms with Crippen LogP contribution in [-0.2, 0) is 31.3 Å². The third-order valence-corrected chi connectivity index (χ3v) is 10.0. The lowest BCUT2D eigenvalue weighted by Gasteiger charge is -2.35. The number of rotatable bonds is 11. The molecule has 0 saturated heterocycles. The van der Waals surface area contributed by atoms with E-state index in [4.69, 9.17) is 14.2 Å². The Bertz CT molecular complexity index is 2110. The van der Waals surface area contributed by atoms with E-state index in [-0.39, 0.29) is 42.8 Å². The highest BCUT2D eigenvalue weighted by Gasteiger charge is 2.33. The lowest BCUT2D eigenvalue weighted by molar-refractivity contribution is 0.0658. The lowest BCUT2D eigenvalue weighted by Crippen LogP contribution is -2.42. The molecule has 0 spiro atoms. The van der Waals surface area contributed by atoms with Gasteiger partial charge in [-0.05, 0) is 80.9 Å². The molecule has 3 aromatic carbocycles. The van der Waals surface area contributed by atoms with Crippen LogP contribution in [0.5, 0.6) is 17.2 Å². The van der Waals surface area contributed by atoms with Crippen LogP contribution in [0.3, 0.4) is 0 Å². The van der Waals surface area contributed by atoms with Gasteiger partial charge in [0.1, 0.15) is 5.75 Å². The molecule has 0 aliphatic carbocycles. The third-order valence-electron chi connectivity index (χ3n) is 10.0. The summed E-state index contributed by atoms with van der Waals surface area (Å²) in [6.07, 6.45) is 4.16. The van der Waals surface area contributed by atoms with Crippen molar-refractivity contribution in [3.8, 4) is 28.5 Å². The number of aromatic hydroxyl groups is 1.